The van der Waals surface area contributed by atoms with E-state index in [2.05, 4.69) is 20.5 Å². The van der Waals surface area contributed by atoms with Crippen LogP contribution in [0, 0.1) is 5.92 Å². The molecule has 1 aromatic rings. The number of rotatable bonds is 7. The van der Waals surface area contributed by atoms with Crippen LogP contribution in [-0.4, -0.2) is 63.8 Å². The van der Waals surface area contributed by atoms with E-state index in [0.717, 1.165) is 37.5 Å². The first kappa shape index (κ1) is 23.6. The Balaban J connectivity index is 1.90. The van der Waals surface area contributed by atoms with Crippen molar-refractivity contribution in [2.45, 2.75) is 32.0 Å². The summed E-state index contributed by atoms with van der Waals surface area (Å²) in [6.07, 6.45) is -2.05. The lowest BCUT2D eigenvalue weighted by molar-refractivity contribution is -0.153. The van der Waals surface area contributed by atoms with Crippen LogP contribution in [0.1, 0.15) is 24.8 Å². The summed E-state index contributed by atoms with van der Waals surface area (Å²) >= 11 is 0. The van der Waals surface area contributed by atoms with Gasteiger partial charge in [-0.15, -0.1) is 0 Å². The van der Waals surface area contributed by atoms with Crippen LogP contribution in [-0.2, 0) is 11.3 Å². The fourth-order valence-corrected chi connectivity index (χ4v) is 3.33. The van der Waals surface area contributed by atoms with E-state index < -0.39 is 12.8 Å². The Morgan fingerprint density at radius 2 is 1.97 bits per heavy atom. The Morgan fingerprint density at radius 3 is 2.53 bits per heavy atom. The molecule has 0 bridgehead atoms. The number of likely N-dealkylation sites (tertiary alicyclic amines) is 1. The van der Waals surface area contributed by atoms with E-state index in [1.165, 1.54) is 13.2 Å². The molecule has 168 valence electrons. The van der Waals surface area contributed by atoms with Crippen molar-refractivity contribution in [2.24, 2.45) is 10.9 Å². The quantitative estimate of drug-likeness (QED) is 0.514. The average molecular weight is 430 g/mol. The van der Waals surface area contributed by atoms with Gasteiger partial charge in [0, 0.05) is 40.2 Å². The molecule has 0 saturated carbocycles. The average Bonchev–Trinajstić information content (AvgIpc) is 2.73. The number of alkyl halides is 3. The molecule has 2 rings (SSSR count). The third kappa shape index (κ3) is 7.31. The highest BCUT2D eigenvalue weighted by atomic mass is 19.4. The zero-order valence-electron chi connectivity index (χ0n) is 17.5. The summed E-state index contributed by atoms with van der Waals surface area (Å²) in [5.74, 6) is 1.45. The van der Waals surface area contributed by atoms with Crippen molar-refractivity contribution in [1.82, 2.24) is 15.5 Å². The number of carbonyl (C=O) groups is 1. The summed E-state index contributed by atoms with van der Waals surface area (Å²) in [6.45, 7) is 0.661. The van der Waals surface area contributed by atoms with Gasteiger partial charge in [0.25, 0.3) is 0 Å². The molecule has 1 fully saturated rings. The number of hydrogen-bond donors (Lipinski definition) is 2. The number of benzene rings is 1. The molecular formula is C20H29F3N4O3. The number of ether oxygens (including phenoxy) is 2. The molecule has 1 heterocycles. The Labute approximate surface area is 174 Å². The highest BCUT2D eigenvalue weighted by Crippen LogP contribution is 2.30. The van der Waals surface area contributed by atoms with Crippen LogP contribution in [0.15, 0.2) is 23.2 Å². The predicted molar refractivity (Wildman–Crippen MR) is 108 cm³/mol. The fraction of sp³-hybridized carbons (Fsp3) is 0.600. The van der Waals surface area contributed by atoms with Gasteiger partial charge in [0.1, 0.15) is 0 Å². The minimum absolute atomic E-state index is 0.0427. The van der Waals surface area contributed by atoms with Crippen LogP contribution < -0.4 is 20.1 Å². The Morgan fingerprint density at radius 1 is 1.27 bits per heavy atom. The largest absolute Gasteiger partial charge is 0.493 e. The van der Waals surface area contributed by atoms with Crippen molar-refractivity contribution in [3.63, 3.8) is 0 Å². The number of piperidine rings is 1. The zero-order chi connectivity index (χ0) is 22.1. The van der Waals surface area contributed by atoms with Crippen molar-refractivity contribution in [2.75, 3.05) is 40.9 Å². The molecule has 1 aliphatic rings. The van der Waals surface area contributed by atoms with E-state index >= 15 is 0 Å². The van der Waals surface area contributed by atoms with Crippen LogP contribution in [0.3, 0.4) is 0 Å². The highest BCUT2D eigenvalue weighted by Gasteiger charge is 2.29. The van der Waals surface area contributed by atoms with Gasteiger partial charge in [-0.2, -0.15) is 13.2 Å². The molecule has 0 aromatic heterocycles. The molecule has 0 unspecified atom stereocenters. The molecule has 7 nitrogen and oxygen atoms in total. The van der Waals surface area contributed by atoms with Gasteiger partial charge in [0.15, 0.2) is 24.1 Å². The summed E-state index contributed by atoms with van der Waals surface area (Å²) in [4.78, 5) is 18.0. The van der Waals surface area contributed by atoms with Crippen molar-refractivity contribution in [3.05, 3.63) is 23.8 Å². The van der Waals surface area contributed by atoms with Crippen LogP contribution >= 0.6 is 0 Å². The maximum absolute atomic E-state index is 12.4. The van der Waals surface area contributed by atoms with Gasteiger partial charge in [-0.1, -0.05) is 6.07 Å². The van der Waals surface area contributed by atoms with Crippen molar-refractivity contribution < 1.29 is 27.4 Å². The van der Waals surface area contributed by atoms with E-state index in [9.17, 15) is 18.0 Å². The van der Waals surface area contributed by atoms with E-state index in [1.54, 1.807) is 26.2 Å². The second-order valence-corrected chi connectivity index (χ2v) is 7.10. The monoisotopic (exact) mass is 430 g/mol. The molecule has 1 aromatic carbocycles. The predicted octanol–water partition coefficient (Wildman–Crippen LogP) is 2.56. The van der Waals surface area contributed by atoms with Gasteiger partial charge in [-0.05, 0) is 36.5 Å². The van der Waals surface area contributed by atoms with Crippen LogP contribution in [0.4, 0.5) is 13.2 Å². The highest BCUT2D eigenvalue weighted by molar-refractivity contribution is 5.80. The number of nitrogens with zero attached hydrogens (tertiary/aromatic N) is 2. The summed E-state index contributed by atoms with van der Waals surface area (Å²) in [5.41, 5.74) is 0.821. The lowest BCUT2D eigenvalue weighted by Gasteiger charge is -2.34. The minimum Gasteiger partial charge on any atom is -0.493 e. The molecule has 2 N–H and O–H groups in total. The van der Waals surface area contributed by atoms with Gasteiger partial charge in [-0.3, -0.25) is 9.79 Å². The maximum Gasteiger partial charge on any atom is 0.422 e. The molecule has 10 heteroatoms. The molecule has 0 atom stereocenters. The van der Waals surface area contributed by atoms with Crippen molar-refractivity contribution in [3.8, 4) is 11.5 Å². The smallest absolute Gasteiger partial charge is 0.422 e. The summed E-state index contributed by atoms with van der Waals surface area (Å²) in [6, 6.07) is 4.79. The van der Waals surface area contributed by atoms with Crippen LogP contribution in [0.2, 0.25) is 0 Å². The second-order valence-electron chi connectivity index (χ2n) is 7.10. The number of guanidine groups is 1. The number of methoxy groups -OCH3 is 1. The number of hydrogen-bond acceptors (Lipinski definition) is 4. The molecule has 0 radical (unpaired) electrons. The van der Waals surface area contributed by atoms with Gasteiger partial charge < -0.3 is 25.0 Å². The summed E-state index contributed by atoms with van der Waals surface area (Å²) in [5, 5.41) is 5.93. The number of aliphatic imine (C=N–C) groups is 1. The first-order chi connectivity index (χ1) is 14.3. The van der Waals surface area contributed by atoms with Gasteiger partial charge >= 0.3 is 6.18 Å². The minimum atomic E-state index is -4.41. The molecule has 0 spiro atoms. The first-order valence-corrected chi connectivity index (χ1v) is 9.78. The van der Waals surface area contributed by atoms with Crippen molar-refractivity contribution >= 4 is 11.9 Å². The summed E-state index contributed by atoms with van der Waals surface area (Å²) in [7, 11) is 4.73. The van der Waals surface area contributed by atoms with Gasteiger partial charge in [0.2, 0.25) is 5.91 Å². The molecule has 1 saturated heterocycles. The van der Waals surface area contributed by atoms with Crippen LogP contribution in [0.5, 0.6) is 11.5 Å². The Bertz CT molecular complexity index is 732. The molecular weight excluding hydrogens is 401 g/mol. The standard InChI is InChI=1S/C20H29F3N4O3/c1-24-18(28)11-14-6-8-27(9-7-14)19(25-2)26-12-15-4-5-16(17(10-15)29-3)30-13-20(21,22)23/h4-5,10,14H,6-9,11-13H2,1-3H3,(H,24,28)(H,25,26). The maximum atomic E-state index is 12.4. The Hall–Kier alpha value is -2.65. The fourth-order valence-electron chi connectivity index (χ4n) is 3.33. The lowest BCUT2D eigenvalue weighted by Crippen LogP contribution is -2.45. The Kier molecular flexibility index (Phi) is 8.61. The van der Waals surface area contributed by atoms with E-state index in [-0.39, 0.29) is 17.4 Å². The SMILES string of the molecule is CN=C(NCc1ccc(OCC(F)(F)F)c(OC)c1)N1CCC(CC(=O)NC)CC1. The molecule has 1 aliphatic heterocycles. The molecule has 1 amide bonds. The van der Waals surface area contributed by atoms with E-state index in [0.29, 0.717) is 18.9 Å². The first-order valence-electron chi connectivity index (χ1n) is 9.78. The third-order valence-corrected chi connectivity index (χ3v) is 4.95. The normalized spacial score (nSPS) is 15.7. The molecule has 30 heavy (non-hydrogen) atoms. The third-order valence-electron chi connectivity index (χ3n) is 4.95. The number of nitrogens with one attached hydrogen (secondary N) is 2. The van der Waals surface area contributed by atoms with E-state index in [1.807, 2.05) is 0 Å². The zero-order valence-corrected chi connectivity index (χ0v) is 17.5. The number of halogens is 3. The van der Waals surface area contributed by atoms with Gasteiger partial charge in [0.05, 0.1) is 7.11 Å². The molecule has 0 aliphatic carbocycles. The van der Waals surface area contributed by atoms with Crippen molar-refractivity contribution in [1.29, 1.82) is 0 Å². The van der Waals surface area contributed by atoms with Gasteiger partial charge in [-0.25, -0.2) is 0 Å². The number of amides is 1. The van der Waals surface area contributed by atoms with E-state index in [4.69, 9.17) is 9.47 Å². The number of carbonyl (C=O) groups excluding carboxylic acids is 1. The second kappa shape index (κ2) is 10.9. The lowest BCUT2D eigenvalue weighted by atomic mass is 9.93. The summed E-state index contributed by atoms with van der Waals surface area (Å²) < 4.78 is 47.1. The topological polar surface area (TPSA) is 75.2 Å². The van der Waals surface area contributed by atoms with Crippen LogP contribution in [0.25, 0.3) is 0 Å².